The van der Waals surface area contributed by atoms with Gasteiger partial charge in [0.25, 0.3) is 5.91 Å². The second-order valence-corrected chi connectivity index (χ2v) is 3.51. The van der Waals surface area contributed by atoms with E-state index < -0.39 is 0 Å². The lowest BCUT2D eigenvalue weighted by atomic mass is 10.2. The Bertz CT molecular complexity index is 361. The molecule has 0 aromatic carbocycles. The number of rotatable bonds is 2. The molecule has 1 aliphatic heterocycles. The monoisotopic (exact) mass is 207 g/mol. The molecule has 2 rings (SSSR count). The van der Waals surface area contributed by atoms with Crippen LogP contribution in [0.25, 0.3) is 0 Å². The molecule has 5 nitrogen and oxygen atoms in total. The van der Waals surface area contributed by atoms with Crippen LogP contribution in [0.3, 0.4) is 0 Å². The minimum absolute atomic E-state index is 0.155. The maximum Gasteiger partial charge on any atom is 0.255 e. The molecule has 0 unspecified atom stereocenters. The van der Waals surface area contributed by atoms with E-state index in [9.17, 15) is 4.79 Å². The normalized spacial score (nSPS) is 20.2. The van der Waals surface area contributed by atoms with Crippen LogP contribution in [-0.2, 0) is 9.53 Å². The number of amides is 1. The fraction of sp³-hybridized carbons (Fsp3) is 0.500. The van der Waals surface area contributed by atoms with Crippen molar-refractivity contribution in [3.05, 3.63) is 18.0 Å². The molecule has 1 aliphatic rings. The van der Waals surface area contributed by atoms with E-state index in [1.807, 2.05) is 6.92 Å². The zero-order valence-corrected chi connectivity index (χ0v) is 8.56. The first-order valence-corrected chi connectivity index (χ1v) is 4.98. The van der Waals surface area contributed by atoms with E-state index in [1.54, 1.807) is 12.3 Å². The predicted octanol–water partition coefficient (Wildman–Crippen LogP) is 0.903. The van der Waals surface area contributed by atoms with Gasteiger partial charge in [0.05, 0.1) is 0 Å². The molecule has 0 saturated carbocycles. The summed E-state index contributed by atoms with van der Waals surface area (Å²) < 4.78 is 5.25. The van der Waals surface area contributed by atoms with E-state index >= 15 is 0 Å². The summed E-state index contributed by atoms with van der Waals surface area (Å²) in [7, 11) is 0. The quantitative estimate of drug-likeness (QED) is 0.782. The average molecular weight is 207 g/mol. The highest BCUT2D eigenvalue weighted by Gasteiger charge is 2.23. The number of ether oxygens (including phenoxy) is 1. The number of carbonyl (C=O) groups is 1. The van der Waals surface area contributed by atoms with Crippen LogP contribution < -0.4 is 5.32 Å². The number of nitrogens with zero attached hydrogens (tertiary/aromatic N) is 2. The molecule has 0 radical (unpaired) electrons. The fourth-order valence-corrected chi connectivity index (χ4v) is 1.48. The summed E-state index contributed by atoms with van der Waals surface area (Å²) >= 11 is 0. The molecule has 0 aliphatic carbocycles. The van der Waals surface area contributed by atoms with Gasteiger partial charge >= 0.3 is 0 Å². The molecule has 1 amide bonds. The number of aryl methyl sites for hydroxylation is 1. The zero-order valence-electron chi connectivity index (χ0n) is 8.56. The van der Waals surface area contributed by atoms with Gasteiger partial charge in [-0.15, -0.1) is 0 Å². The van der Waals surface area contributed by atoms with Crippen LogP contribution >= 0.6 is 0 Å². The third kappa shape index (κ3) is 2.50. The van der Waals surface area contributed by atoms with Crippen LogP contribution in [0, 0.1) is 6.92 Å². The van der Waals surface area contributed by atoms with Gasteiger partial charge in [-0.3, -0.25) is 10.1 Å². The van der Waals surface area contributed by atoms with E-state index in [0.717, 1.165) is 18.5 Å². The van der Waals surface area contributed by atoms with Crippen molar-refractivity contribution in [2.24, 2.45) is 0 Å². The van der Waals surface area contributed by atoms with Crippen molar-refractivity contribution in [2.75, 3.05) is 11.9 Å². The van der Waals surface area contributed by atoms with Gasteiger partial charge in [-0.1, -0.05) is 0 Å². The van der Waals surface area contributed by atoms with Gasteiger partial charge in [0.15, 0.2) is 0 Å². The van der Waals surface area contributed by atoms with Crippen LogP contribution in [0.1, 0.15) is 18.5 Å². The maximum absolute atomic E-state index is 11.6. The molecule has 1 fully saturated rings. The summed E-state index contributed by atoms with van der Waals surface area (Å²) in [6, 6.07) is 1.78. The standard InChI is InChI=1S/C10H13N3O2/c1-7-4-5-11-10(12-7)13-9(14)8-3-2-6-15-8/h4-5,8H,2-3,6H2,1H3,(H,11,12,13,14)/t8-/m0/s1. The first-order chi connectivity index (χ1) is 7.25. The van der Waals surface area contributed by atoms with Crippen molar-refractivity contribution in [3.63, 3.8) is 0 Å². The smallest absolute Gasteiger partial charge is 0.255 e. The lowest BCUT2D eigenvalue weighted by Gasteiger charge is -2.08. The Morgan fingerprint density at radius 3 is 3.20 bits per heavy atom. The molecule has 1 aromatic heterocycles. The van der Waals surface area contributed by atoms with E-state index in [2.05, 4.69) is 15.3 Å². The number of carbonyl (C=O) groups excluding carboxylic acids is 1. The van der Waals surface area contributed by atoms with Crippen molar-refractivity contribution < 1.29 is 9.53 Å². The van der Waals surface area contributed by atoms with Crippen LogP contribution in [0.2, 0.25) is 0 Å². The number of hydrogen-bond acceptors (Lipinski definition) is 4. The topological polar surface area (TPSA) is 64.1 Å². The Hall–Kier alpha value is -1.49. The third-order valence-corrected chi connectivity index (χ3v) is 2.25. The minimum Gasteiger partial charge on any atom is -0.368 e. The molecule has 0 bridgehead atoms. The van der Waals surface area contributed by atoms with Gasteiger partial charge in [0.2, 0.25) is 5.95 Å². The average Bonchev–Trinajstić information content (AvgIpc) is 2.70. The second-order valence-electron chi connectivity index (χ2n) is 3.51. The van der Waals surface area contributed by atoms with Crippen LogP contribution in [0.15, 0.2) is 12.3 Å². The van der Waals surface area contributed by atoms with Crippen LogP contribution in [0.4, 0.5) is 5.95 Å². The van der Waals surface area contributed by atoms with Crippen molar-refractivity contribution >= 4 is 11.9 Å². The number of hydrogen-bond donors (Lipinski definition) is 1. The second kappa shape index (κ2) is 4.35. The molecule has 1 saturated heterocycles. The summed E-state index contributed by atoms with van der Waals surface area (Å²) in [5.41, 5.74) is 0.827. The molecular formula is C10H13N3O2. The molecule has 1 atom stereocenters. The van der Waals surface area contributed by atoms with Crippen molar-refractivity contribution in [2.45, 2.75) is 25.9 Å². The number of aromatic nitrogens is 2. The lowest BCUT2D eigenvalue weighted by molar-refractivity contribution is -0.124. The largest absolute Gasteiger partial charge is 0.368 e. The molecule has 0 spiro atoms. The summed E-state index contributed by atoms with van der Waals surface area (Å²) in [5.74, 6) is 0.189. The Balaban J connectivity index is 1.99. The van der Waals surface area contributed by atoms with E-state index in [0.29, 0.717) is 12.6 Å². The Morgan fingerprint density at radius 1 is 1.67 bits per heavy atom. The zero-order chi connectivity index (χ0) is 10.7. The lowest BCUT2D eigenvalue weighted by Crippen LogP contribution is -2.27. The molecule has 2 heterocycles. The highest BCUT2D eigenvalue weighted by atomic mass is 16.5. The number of nitrogens with one attached hydrogen (secondary N) is 1. The molecule has 15 heavy (non-hydrogen) atoms. The summed E-state index contributed by atoms with van der Waals surface area (Å²) in [5, 5.41) is 2.64. The summed E-state index contributed by atoms with van der Waals surface area (Å²) in [4.78, 5) is 19.6. The Labute approximate surface area is 87.9 Å². The van der Waals surface area contributed by atoms with E-state index in [1.165, 1.54) is 0 Å². The molecule has 1 aromatic rings. The highest BCUT2D eigenvalue weighted by Crippen LogP contribution is 2.13. The Morgan fingerprint density at radius 2 is 2.53 bits per heavy atom. The molecule has 80 valence electrons. The third-order valence-electron chi connectivity index (χ3n) is 2.25. The van der Waals surface area contributed by atoms with Gasteiger partial charge in [-0.25, -0.2) is 9.97 Å². The van der Waals surface area contributed by atoms with Crippen molar-refractivity contribution in [3.8, 4) is 0 Å². The van der Waals surface area contributed by atoms with Gasteiger partial charge in [-0.05, 0) is 25.8 Å². The van der Waals surface area contributed by atoms with E-state index in [4.69, 9.17) is 4.74 Å². The maximum atomic E-state index is 11.6. The molecule has 1 N–H and O–H groups in total. The van der Waals surface area contributed by atoms with Crippen molar-refractivity contribution in [1.82, 2.24) is 9.97 Å². The predicted molar refractivity (Wildman–Crippen MR) is 54.4 cm³/mol. The SMILES string of the molecule is Cc1ccnc(NC(=O)[C@@H]2CCCO2)n1. The van der Waals surface area contributed by atoms with Crippen LogP contribution in [0.5, 0.6) is 0 Å². The van der Waals surface area contributed by atoms with E-state index in [-0.39, 0.29) is 12.0 Å². The van der Waals surface area contributed by atoms with Gasteiger partial charge in [0.1, 0.15) is 6.10 Å². The molecular weight excluding hydrogens is 194 g/mol. The fourth-order valence-electron chi connectivity index (χ4n) is 1.48. The summed E-state index contributed by atoms with van der Waals surface area (Å²) in [6.07, 6.45) is 2.99. The van der Waals surface area contributed by atoms with Gasteiger partial charge in [0, 0.05) is 18.5 Å². The van der Waals surface area contributed by atoms with Crippen LogP contribution in [-0.4, -0.2) is 28.6 Å². The first-order valence-electron chi connectivity index (χ1n) is 4.98. The van der Waals surface area contributed by atoms with Crippen molar-refractivity contribution in [1.29, 1.82) is 0 Å². The highest BCUT2D eigenvalue weighted by molar-refractivity contribution is 5.92. The summed E-state index contributed by atoms with van der Waals surface area (Å²) in [6.45, 7) is 2.51. The first kappa shape index (κ1) is 10.0. The minimum atomic E-state index is -0.339. The molecule has 5 heteroatoms. The van der Waals surface area contributed by atoms with Gasteiger partial charge < -0.3 is 4.74 Å². The Kier molecular flexibility index (Phi) is 2.91. The van der Waals surface area contributed by atoms with Gasteiger partial charge in [-0.2, -0.15) is 0 Å². The number of anilines is 1.